The summed E-state index contributed by atoms with van der Waals surface area (Å²) in [5.74, 6) is 0.694. The number of piperazine rings is 1. The molecule has 0 spiro atoms. The van der Waals surface area contributed by atoms with Crippen LogP contribution >= 0.6 is 12.4 Å². The average molecular weight is 362 g/mol. The monoisotopic (exact) mass is 361 g/mol. The van der Waals surface area contributed by atoms with Crippen molar-refractivity contribution in [2.45, 2.75) is 13.0 Å². The summed E-state index contributed by atoms with van der Waals surface area (Å²) in [6.07, 6.45) is 3.72. The number of aromatic nitrogens is 1. The molecule has 1 unspecified atom stereocenters. The zero-order valence-electron chi connectivity index (χ0n) is 14.4. The highest BCUT2D eigenvalue weighted by atomic mass is 35.5. The van der Waals surface area contributed by atoms with Gasteiger partial charge in [0.2, 0.25) is 0 Å². The Hall–Kier alpha value is -1.95. The Bertz CT molecular complexity index is 681. The number of ether oxygens (including phenoxy) is 1. The van der Waals surface area contributed by atoms with E-state index < -0.39 is 0 Å². The second-order valence-electron chi connectivity index (χ2n) is 5.94. The van der Waals surface area contributed by atoms with Crippen LogP contribution in [0.2, 0.25) is 0 Å². The molecule has 6 heteroatoms. The van der Waals surface area contributed by atoms with E-state index in [0.717, 1.165) is 26.2 Å². The maximum Gasteiger partial charge on any atom is 0.163 e. The Labute approximate surface area is 154 Å². The molecule has 1 aromatic carbocycles. The molecule has 1 aromatic heterocycles. The van der Waals surface area contributed by atoms with Crippen molar-refractivity contribution in [2.24, 2.45) is 0 Å². The van der Waals surface area contributed by atoms with E-state index in [9.17, 15) is 4.79 Å². The summed E-state index contributed by atoms with van der Waals surface area (Å²) in [6, 6.07) is 11.8. The molecular weight excluding hydrogens is 338 g/mol. The normalized spacial score (nSPS) is 17.6. The largest absolute Gasteiger partial charge is 0.491 e. The van der Waals surface area contributed by atoms with Gasteiger partial charge in [-0.25, -0.2) is 0 Å². The molecule has 0 saturated carbocycles. The van der Waals surface area contributed by atoms with Gasteiger partial charge in [0, 0.05) is 44.6 Å². The summed E-state index contributed by atoms with van der Waals surface area (Å²) in [5.41, 5.74) is 1.86. The fraction of sp³-hybridized carbons (Fsp3) is 0.368. The Morgan fingerprint density at radius 1 is 1.32 bits per heavy atom. The number of para-hydroxylation sites is 1. The maximum atomic E-state index is 11.7. The molecule has 1 atom stereocenters. The molecule has 0 aliphatic carbocycles. The smallest absolute Gasteiger partial charge is 0.163 e. The number of nitrogens with zero attached hydrogens (tertiary/aromatic N) is 2. The Kier molecular flexibility index (Phi) is 7.37. The Morgan fingerprint density at radius 3 is 2.92 bits per heavy atom. The molecular formula is C19H24ClN3O2. The van der Waals surface area contributed by atoms with Crippen LogP contribution in [-0.2, 0) is 0 Å². The molecule has 0 bridgehead atoms. The lowest BCUT2D eigenvalue weighted by Crippen LogP contribution is -2.47. The molecule has 0 amide bonds. The van der Waals surface area contributed by atoms with Crippen LogP contribution in [0, 0.1) is 0 Å². The number of carbonyl (C=O) groups excluding carboxylic acids is 1. The SMILES string of the molecule is CC(=O)c1ccccc1OCCN1CCNCC1c1cccnc1.Cl. The highest BCUT2D eigenvalue weighted by molar-refractivity contribution is 5.96. The van der Waals surface area contributed by atoms with E-state index in [4.69, 9.17) is 4.74 Å². The van der Waals surface area contributed by atoms with E-state index in [1.165, 1.54) is 5.56 Å². The van der Waals surface area contributed by atoms with E-state index in [1.807, 2.05) is 30.5 Å². The van der Waals surface area contributed by atoms with E-state index >= 15 is 0 Å². The summed E-state index contributed by atoms with van der Waals surface area (Å²) >= 11 is 0. The highest BCUT2D eigenvalue weighted by Gasteiger charge is 2.23. The number of halogens is 1. The van der Waals surface area contributed by atoms with Crippen molar-refractivity contribution < 1.29 is 9.53 Å². The van der Waals surface area contributed by atoms with Gasteiger partial charge in [-0.1, -0.05) is 18.2 Å². The van der Waals surface area contributed by atoms with Crippen LogP contribution in [0.3, 0.4) is 0 Å². The van der Waals surface area contributed by atoms with Crippen molar-refractivity contribution in [3.63, 3.8) is 0 Å². The Balaban J connectivity index is 0.00000225. The van der Waals surface area contributed by atoms with Gasteiger partial charge in [-0.15, -0.1) is 12.4 Å². The van der Waals surface area contributed by atoms with Crippen molar-refractivity contribution in [3.05, 3.63) is 59.9 Å². The first-order chi connectivity index (χ1) is 11.8. The van der Waals surface area contributed by atoms with Crippen LogP contribution in [0.25, 0.3) is 0 Å². The van der Waals surface area contributed by atoms with Gasteiger partial charge < -0.3 is 10.1 Å². The lowest BCUT2D eigenvalue weighted by molar-refractivity contribution is 0.101. The van der Waals surface area contributed by atoms with Gasteiger partial charge in [0.1, 0.15) is 12.4 Å². The number of hydrogen-bond acceptors (Lipinski definition) is 5. The van der Waals surface area contributed by atoms with Crippen molar-refractivity contribution in [3.8, 4) is 5.75 Å². The van der Waals surface area contributed by atoms with Gasteiger partial charge in [0.15, 0.2) is 5.78 Å². The molecule has 2 aromatic rings. The fourth-order valence-corrected chi connectivity index (χ4v) is 3.07. The van der Waals surface area contributed by atoms with Crippen LogP contribution in [0.1, 0.15) is 28.9 Å². The topological polar surface area (TPSA) is 54.5 Å². The summed E-state index contributed by atoms with van der Waals surface area (Å²) in [7, 11) is 0. The maximum absolute atomic E-state index is 11.7. The summed E-state index contributed by atoms with van der Waals surface area (Å²) < 4.78 is 5.89. The highest BCUT2D eigenvalue weighted by Crippen LogP contribution is 2.22. The molecule has 2 heterocycles. The van der Waals surface area contributed by atoms with Crippen LogP contribution in [0.5, 0.6) is 5.75 Å². The molecule has 134 valence electrons. The van der Waals surface area contributed by atoms with Gasteiger partial charge in [0.05, 0.1) is 5.56 Å². The van der Waals surface area contributed by atoms with Crippen LogP contribution < -0.4 is 10.1 Å². The van der Waals surface area contributed by atoms with Crippen LogP contribution in [-0.4, -0.2) is 48.5 Å². The second-order valence-corrected chi connectivity index (χ2v) is 5.94. The lowest BCUT2D eigenvalue weighted by Gasteiger charge is -2.36. The minimum atomic E-state index is 0. The third-order valence-electron chi connectivity index (χ3n) is 4.33. The molecule has 0 radical (unpaired) electrons. The minimum Gasteiger partial charge on any atom is -0.491 e. The predicted molar refractivity (Wildman–Crippen MR) is 101 cm³/mol. The third-order valence-corrected chi connectivity index (χ3v) is 4.33. The van der Waals surface area contributed by atoms with Crippen LogP contribution in [0.15, 0.2) is 48.8 Å². The first-order valence-corrected chi connectivity index (χ1v) is 8.33. The van der Waals surface area contributed by atoms with E-state index in [2.05, 4.69) is 21.3 Å². The molecule has 1 aliphatic rings. The lowest BCUT2D eigenvalue weighted by atomic mass is 10.1. The van der Waals surface area contributed by atoms with Crippen molar-refractivity contribution in [1.29, 1.82) is 0 Å². The number of hydrogen-bond donors (Lipinski definition) is 1. The van der Waals surface area contributed by atoms with Gasteiger partial charge in [-0.05, 0) is 30.7 Å². The molecule has 3 rings (SSSR count). The van der Waals surface area contributed by atoms with Crippen molar-refractivity contribution in [1.82, 2.24) is 15.2 Å². The van der Waals surface area contributed by atoms with Gasteiger partial charge in [-0.3, -0.25) is 14.7 Å². The molecule has 1 N–H and O–H groups in total. The van der Waals surface area contributed by atoms with Gasteiger partial charge in [-0.2, -0.15) is 0 Å². The fourth-order valence-electron chi connectivity index (χ4n) is 3.07. The second kappa shape index (κ2) is 9.51. The number of pyridine rings is 1. The summed E-state index contributed by atoms with van der Waals surface area (Å²) in [6.45, 7) is 5.79. The molecule has 1 saturated heterocycles. The number of carbonyl (C=O) groups is 1. The third kappa shape index (κ3) is 5.01. The zero-order valence-corrected chi connectivity index (χ0v) is 15.2. The minimum absolute atomic E-state index is 0. The molecule has 1 fully saturated rings. The van der Waals surface area contributed by atoms with Crippen LogP contribution in [0.4, 0.5) is 0 Å². The quantitative estimate of drug-likeness (QED) is 0.802. The number of ketones is 1. The van der Waals surface area contributed by atoms with Gasteiger partial charge >= 0.3 is 0 Å². The molecule has 5 nitrogen and oxygen atoms in total. The number of nitrogens with one attached hydrogen (secondary N) is 1. The molecule has 1 aliphatic heterocycles. The number of Topliss-reactive ketones (excluding diaryl/α,β-unsaturated/α-hetero) is 1. The number of benzene rings is 1. The summed E-state index contributed by atoms with van der Waals surface area (Å²) in [4.78, 5) is 18.3. The average Bonchev–Trinajstić information content (AvgIpc) is 2.63. The van der Waals surface area contributed by atoms with E-state index in [1.54, 1.807) is 19.2 Å². The van der Waals surface area contributed by atoms with E-state index in [0.29, 0.717) is 24.0 Å². The zero-order chi connectivity index (χ0) is 16.8. The standard InChI is InChI=1S/C19H23N3O2.ClH/c1-15(23)17-6-2-3-7-19(17)24-12-11-22-10-9-21-14-18(22)16-5-4-8-20-13-16;/h2-8,13,18,21H,9-12,14H2,1H3;1H. The van der Waals surface area contributed by atoms with Crippen molar-refractivity contribution >= 4 is 18.2 Å². The Morgan fingerprint density at radius 2 is 2.16 bits per heavy atom. The van der Waals surface area contributed by atoms with E-state index in [-0.39, 0.29) is 18.2 Å². The number of rotatable bonds is 6. The first-order valence-electron chi connectivity index (χ1n) is 8.33. The van der Waals surface area contributed by atoms with Crippen molar-refractivity contribution in [2.75, 3.05) is 32.8 Å². The predicted octanol–water partition coefficient (Wildman–Crippen LogP) is 2.73. The van der Waals surface area contributed by atoms with Gasteiger partial charge in [0.25, 0.3) is 0 Å². The molecule has 25 heavy (non-hydrogen) atoms. The summed E-state index contributed by atoms with van der Waals surface area (Å²) in [5, 5.41) is 3.44. The first kappa shape index (κ1) is 19.4.